The fourth-order valence-electron chi connectivity index (χ4n) is 1.98. The molecule has 2 aromatic rings. The highest BCUT2D eigenvalue weighted by Crippen LogP contribution is 2.23. The van der Waals surface area contributed by atoms with Crippen LogP contribution in [0.15, 0.2) is 24.4 Å². The van der Waals surface area contributed by atoms with Crippen molar-refractivity contribution in [3.05, 3.63) is 45.4 Å². The lowest BCUT2D eigenvalue weighted by Gasteiger charge is -2.17. The number of nitrogens with one attached hydrogen (secondary N) is 2. The van der Waals surface area contributed by atoms with Crippen LogP contribution in [0.2, 0.25) is 5.02 Å². The Morgan fingerprint density at radius 3 is 2.64 bits per heavy atom. The molecule has 134 valence electrons. The minimum atomic E-state index is -0.524. The Balaban J connectivity index is 1.89. The van der Waals surface area contributed by atoms with Gasteiger partial charge in [-0.25, -0.2) is 4.98 Å². The number of hydrogen-bond donors (Lipinski definition) is 2. The largest absolute Gasteiger partial charge is 0.347 e. The Hall–Kier alpha value is -1.92. The van der Waals surface area contributed by atoms with Crippen molar-refractivity contribution in [1.82, 2.24) is 10.3 Å². The van der Waals surface area contributed by atoms with Crippen molar-refractivity contribution in [2.45, 2.75) is 34.1 Å². The highest BCUT2D eigenvalue weighted by Gasteiger charge is 2.21. The first-order valence-electron chi connectivity index (χ1n) is 7.93. The van der Waals surface area contributed by atoms with E-state index in [1.807, 2.05) is 25.1 Å². The van der Waals surface area contributed by atoms with Crippen molar-refractivity contribution in [3.8, 4) is 0 Å². The van der Waals surface area contributed by atoms with Gasteiger partial charge in [0, 0.05) is 27.9 Å². The van der Waals surface area contributed by atoms with E-state index < -0.39 is 5.41 Å². The number of benzene rings is 1. The van der Waals surface area contributed by atoms with Crippen LogP contribution in [0.3, 0.4) is 0 Å². The first kappa shape index (κ1) is 19.4. The van der Waals surface area contributed by atoms with Crippen LogP contribution in [0.1, 0.15) is 36.8 Å². The Labute approximate surface area is 156 Å². The normalized spacial score (nSPS) is 11.2. The summed E-state index contributed by atoms with van der Waals surface area (Å²) in [6, 6.07) is 5.96. The quantitative estimate of drug-likeness (QED) is 0.830. The number of nitrogens with zero attached hydrogens (tertiary/aromatic N) is 1. The van der Waals surface area contributed by atoms with Crippen LogP contribution in [0.25, 0.3) is 0 Å². The van der Waals surface area contributed by atoms with Crippen molar-refractivity contribution < 1.29 is 9.59 Å². The Morgan fingerprint density at radius 2 is 2.00 bits per heavy atom. The van der Waals surface area contributed by atoms with Crippen molar-refractivity contribution in [2.24, 2.45) is 5.41 Å². The van der Waals surface area contributed by atoms with Crippen molar-refractivity contribution in [1.29, 1.82) is 0 Å². The summed E-state index contributed by atoms with van der Waals surface area (Å²) >= 11 is 7.55. The van der Waals surface area contributed by atoms with E-state index in [-0.39, 0.29) is 18.4 Å². The van der Waals surface area contributed by atoms with Gasteiger partial charge in [0.15, 0.2) is 5.13 Å². The van der Waals surface area contributed by atoms with Gasteiger partial charge in [-0.2, -0.15) is 0 Å². The van der Waals surface area contributed by atoms with Crippen LogP contribution >= 0.6 is 22.9 Å². The molecule has 2 rings (SSSR count). The van der Waals surface area contributed by atoms with Gasteiger partial charge in [0.05, 0.1) is 6.54 Å². The van der Waals surface area contributed by atoms with E-state index in [2.05, 4.69) is 15.6 Å². The zero-order chi connectivity index (χ0) is 18.6. The van der Waals surface area contributed by atoms with Crippen LogP contribution in [0.5, 0.6) is 0 Å². The van der Waals surface area contributed by atoms with Gasteiger partial charge in [0.1, 0.15) is 0 Å². The molecule has 7 heteroatoms. The molecule has 0 fully saturated rings. The molecule has 0 unspecified atom stereocenters. The first-order chi connectivity index (χ1) is 11.6. The summed E-state index contributed by atoms with van der Waals surface area (Å²) in [6.45, 7) is 7.28. The standard InChI is InChI=1S/C18H22ClN3O2S/c1-11-5-6-12(8-14(11)19)7-13-9-21-17(25-13)22-15(23)10-20-16(24)18(2,3)4/h5-6,8-9H,7,10H2,1-4H3,(H,20,24)(H,21,22,23). The van der Waals surface area contributed by atoms with Gasteiger partial charge in [-0.15, -0.1) is 11.3 Å². The monoisotopic (exact) mass is 379 g/mol. The highest BCUT2D eigenvalue weighted by molar-refractivity contribution is 7.15. The Morgan fingerprint density at radius 1 is 1.28 bits per heavy atom. The molecule has 2 N–H and O–H groups in total. The van der Waals surface area contributed by atoms with Crippen LogP contribution in [0.4, 0.5) is 5.13 Å². The Kier molecular flexibility index (Phi) is 6.19. The molecule has 0 radical (unpaired) electrons. The lowest BCUT2D eigenvalue weighted by Crippen LogP contribution is -2.39. The molecule has 1 heterocycles. The molecule has 0 aliphatic heterocycles. The molecule has 0 saturated carbocycles. The van der Waals surface area contributed by atoms with Gasteiger partial charge in [0.25, 0.3) is 0 Å². The number of amides is 2. The van der Waals surface area contributed by atoms with Crippen LogP contribution in [-0.2, 0) is 16.0 Å². The molecular weight excluding hydrogens is 358 g/mol. The molecule has 1 aromatic carbocycles. The second-order valence-corrected chi connectivity index (χ2v) is 8.40. The Bertz CT molecular complexity index is 781. The average Bonchev–Trinajstić information content (AvgIpc) is 2.94. The minimum Gasteiger partial charge on any atom is -0.347 e. The molecule has 2 amide bonds. The second kappa shape index (κ2) is 7.97. The fraction of sp³-hybridized carbons (Fsp3) is 0.389. The predicted octanol–water partition coefficient (Wildman–Crippen LogP) is 3.80. The predicted molar refractivity (Wildman–Crippen MR) is 102 cm³/mol. The van der Waals surface area contributed by atoms with Gasteiger partial charge < -0.3 is 10.6 Å². The maximum Gasteiger partial charge on any atom is 0.245 e. The van der Waals surface area contributed by atoms with E-state index in [4.69, 9.17) is 11.6 Å². The van der Waals surface area contributed by atoms with Gasteiger partial charge in [-0.05, 0) is 24.1 Å². The lowest BCUT2D eigenvalue weighted by atomic mass is 9.96. The number of halogens is 1. The molecule has 0 saturated heterocycles. The van der Waals surface area contributed by atoms with Crippen LogP contribution < -0.4 is 10.6 Å². The molecule has 5 nitrogen and oxygen atoms in total. The summed E-state index contributed by atoms with van der Waals surface area (Å²) < 4.78 is 0. The number of aromatic nitrogens is 1. The molecule has 0 bridgehead atoms. The number of thiazole rings is 1. The van der Waals surface area contributed by atoms with Gasteiger partial charge >= 0.3 is 0 Å². The molecule has 25 heavy (non-hydrogen) atoms. The van der Waals surface area contributed by atoms with Crippen LogP contribution in [-0.4, -0.2) is 23.3 Å². The fourth-order valence-corrected chi connectivity index (χ4v) is 3.05. The minimum absolute atomic E-state index is 0.0708. The smallest absolute Gasteiger partial charge is 0.245 e. The van der Waals surface area contributed by atoms with E-state index in [0.29, 0.717) is 11.6 Å². The zero-order valence-electron chi connectivity index (χ0n) is 14.8. The molecule has 0 aliphatic rings. The van der Waals surface area contributed by atoms with E-state index in [9.17, 15) is 9.59 Å². The number of aryl methyl sites for hydroxylation is 1. The van der Waals surface area contributed by atoms with Crippen molar-refractivity contribution in [2.75, 3.05) is 11.9 Å². The highest BCUT2D eigenvalue weighted by atomic mass is 35.5. The summed E-state index contributed by atoms with van der Waals surface area (Å²) in [6.07, 6.45) is 2.44. The van der Waals surface area contributed by atoms with Gasteiger partial charge in [0.2, 0.25) is 11.8 Å². The number of carbonyl (C=O) groups is 2. The third kappa shape index (κ3) is 5.83. The van der Waals surface area contributed by atoms with E-state index >= 15 is 0 Å². The first-order valence-corrected chi connectivity index (χ1v) is 9.12. The van der Waals surface area contributed by atoms with Crippen molar-refractivity contribution in [3.63, 3.8) is 0 Å². The number of carbonyl (C=O) groups excluding carboxylic acids is 2. The SMILES string of the molecule is Cc1ccc(Cc2cnc(NC(=O)CNC(=O)C(C)(C)C)s2)cc1Cl. The molecule has 0 aliphatic carbocycles. The zero-order valence-corrected chi connectivity index (χ0v) is 16.3. The van der Waals surface area contributed by atoms with Crippen LogP contribution in [0, 0.1) is 12.3 Å². The van der Waals surface area contributed by atoms with E-state index in [1.54, 1.807) is 27.0 Å². The second-order valence-electron chi connectivity index (χ2n) is 6.87. The average molecular weight is 380 g/mol. The number of anilines is 1. The summed E-state index contributed by atoms with van der Waals surface area (Å²) in [5, 5.41) is 6.57. The third-order valence-corrected chi connectivity index (χ3v) is 4.83. The topological polar surface area (TPSA) is 71.1 Å². The summed E-state index contributed by atoms with van der Waals surface area (Å²) in [7, 11) is 0. The summed E-state index contributed by atoms with van der Waals surface area (Å²) in [5.41, 5.74) is 1.61. The third-order valence-electron chi connectivity index (χ3n) is 3.51. The van der Waals surface area contributed by atoms with E-state index in [0.717, 1.165) is 21.0 Å². The maximum absolute atomic E-state index is 11.9. The molecule has 0 atom stereocenters. The number of hydrogen-bond acceptors (Lipinski definition) is 4. The molecule has 0 spiro atoms. The summed E-state index contributed by atoms with van der Waals surface area (Å²) in [5.74, 6) is -0.462. The lowest BCUT2D eigenvalue weighted by molar-refractivity contribution is -0.130. The summed E-state index contributed by atoms with van der Waals surface area (Å²) in [4.78, 5) is 28.9. The maximum atomic E-state index is 11.9. The van der Waals surface area contributed by atoms with Gasteiger partial charge in [-0.3, -0.25) is 9.59 Å². The van der Waals surface area contributed by atoms with Gasteiger partial charge in [-0.1, -0.05) is 44.5 Å². The van der Waals surface area contributed by atoms with E-state index in [1.165, 1.54) is 11.3 Å². The number of rotatable bonds is 5. The molecular formula is C18H22ClN3O2S. The van der Waals surface area contributed by atoms with Crippen molar-refractivity contribution >= 4 is 39.9 Å². The molecule has 1 aromatic heterocycles.